The monoisotopic (exact) mass is 211 g/mol. The number of phenols is 1. The summed E-state index contributed by atoms with van der Waals surface area (Å²) in [6.07, 6.45) is 0. The summed E-state index contributed by atoms with van der Waals surface area (Å²) in [4.78, 5) is 1.84. The summed E-state index contributed by atoms with van der Waals surface area (Å²) in [7, 11) is 0. The van der Waals surface area contributed by atoms with Gasteiger partial charge in [-0.15, -0.1) is 0 Å². The SMILES string of the molecule is Cc1ccc(O)cc1N(CCO)CCO. The lowest BCUT2D eigenvalue weighted by Crippen LogP contribution is -2.30. The van der Waals surface area contributed by atoms with Crippen LogP contribution in [-0.4, -0.2) is 41.6 Å². The van der Waals surface area contributed by atoms with Crippen molar-refractivity contribution in [3.8, 4) is 5.75 Å². The van der Waals surface area contributed by atoms with Gasteiger partial charge in [0.1, 0.15) is 5.75 Å². The third-order valence-electron chi connectivity index (χ3n) is 2.27. The lowest BCUT2D eigenvalue weighted by molar-refractivity contribution is 0.281. The van der Waals surface area contributed by atoms with Gasteiger partial charge in [0.2, 0.25) is 0 Å². The van der Waals surface area contributed by atoms with Crippen molar-refractivity contribution in [2.75, 3.05) is 31.2 Å². The summed E-state index contributed by atoms with van der Waals surface area (Å²) >= 11 is 0. The molecule has 15 heavy (non-hydrogen) atoms. The number of hydrogen-bond donors (Lipinski definition) is 3. The zero-order chi connectivity index (χ0) is 11.3. The average Bonchev–Trinajstić information content (AvgIpc) is 2.21. The minimum absolute atomic E-state index is 0.0229. The number of aliphatic hydroxyl groups is 2. The van der Waals surface area contributed by atoms with E-state index in [1.165, 1.54) is 0 Å². The number of phenolic OH excluding ortho intramolecular Hbond substituents is 1. The average molecular weight is 211 g/mol. The number of anilines is 1. The van der Waals surface area contributed by atoms with Crippen molar-refractivity contribution in [2.24, 2.45) is 0 Å². The molecule has 4 nitrogen and oxygen atoms in total. The molecule has 0 fully saturated rings. The number of benzene rings is 1. The first-order valence-corrected chi connectivity index (χ1v) is 4.95. The van der Waals surface area contributed by atoms with Gasteiger partial charge in [-0.05, 0) is 18.6 Å². The maximum atomic E-state index is 9.37. The van der Waals surface area contributed by atoms with E-state index >= 15 is 0 Å². The van der Waals surface area contributed by atoms with Crippen LogP contribution in [0.5, 0.6) is 5.75 Å². The molecule has 0 saturated carbocycles. The summed E-state index contributed by atoms with van der Waals surface area (Å²) in [5.74, 6) is 0.191. The highest BCUT2D eigenvalue weighted by atomic mass is 16.3. The van der Waals surface area contributed by atoms with Gasteiger partial charge in [-0.1, -0.05) is 6.07 Å². The molecule has 0 heterocycles. The van der Waals surface area contributed by atoms with Crippen LogP contribution in [0.3, 0.4) is 0 Å². The van der Waals surface area contributed by atoms with E-state index in [4.69, 9.17) is 10.2 Å². The largest absolute Gasteiger partial charge is 0.508 e. The number of rotatable bonds is 5. The molecule has 84 valence electrons. The van der Waals surface area contributed by atoms with Crippen molar-refractivity contribution in [3.05, 3.63) is 23.8 Å². The van der Waals surface area contributed by atoms with E-state index in [0.29, 0.717) is 13.1 Å². The molecule has 4 heteroatoms. The van der Waals surface area contributed by atoms with E-state index in [9.17, 15) is 5.11 Å². The van der Waals surface area contributed by atoms with Gasteiger partial charge in [0.15, 0.2) is 0 Å². The zero-order valence-corrected chi connectivity index (χ0v) is 8.85. The molecule has 0 radical (unpaired) electrons. The minimum Gasteiger partial charge on any atom is -0.508 e. The van der Waals surface area contributed by atoms with Crippen molar-refractivity contribution in [3.63, 3.8) is 0 Å². The normalized spacial score (nSPS) is 10.3. The Morgan fingerprint density at radius 1 is 1.13 bits per heavy atom. The molecule has 0 saturated heterocycles. The van der Waals surface area contributed by atoms with Crippen LogP contribution >= 0.6 is 0 Å². The van der Waals surface area contributed by atoms with Gasteiger partial charge in [0, 0.05) is 24.8 Å². The summed E-state index contributed by atoms with van der Waals surface area (Å²) in [5, 5.41) is 27.2. The zero-order valence-electron chi connectivity index (χ0n) is 8.85. The summed E-state index contributed by atoms with van der Waals surface area (Å²) in [5.41, 5.74) is 1.85. The lowest BCUT2D eigenvalue weighted by Gasteiger charge is -2.24. The number of aryl methyl sites for hydroxylation is 1. The first-order chi connectivity index (χ1) is 7.19. The van der Waals surface area contributed by atoms with Crippen molar-refractivity contribution in [1.29, 1.82) is 0 Å². The molecule has 0 atom stereocenters. The maximum Gasteiger partial charge on any atom is 0.117 e. The van der Waals surface area contributed by atoms with Crippen LogP contribution in [0.25, 0.3) is 0 Å². The Balaban J connectivity index is 2.93. The first-order valence-electron chi connectivity index (χ1n) is 4.95. The highest BCUT2D eigenvalue weighted by Gasteiger charge is 2.08. The highest BCUT2D eigenvalue weighted by Crippen LogP contribution is 2.24. The van der Waals surface area contributed by atoms with Gasteiger partial charge < -0.3 is 20.2 Å². The fourth-order valence-corrected chi connectivity index (χ4v) is 1.53. The fraction of sp³-hybridized carbons (Fsp3) is 0.455. The Bertz CT molecular complexity index is 309. The smallest absolute Gasteiger partial charge is 0.117 e. The Labute approximate surface area is 89.4 Å². The molecule has 0 aliphatic heterocycles. The van der Waals surface area contributed by atoms with Crippen LogP contribution in [0, 0.1) is 6.92 Å². The molecule has 0 aromatic heterocycles. The number of nitrogens with zero attached hydrogens (tertiary/aromatic N) is 1. The predicted octanol–water partition coefficient (Wildman–Crippen LogP) is 0.492. The number of aliphatic hydroxyl groups excluding tert-OH is 2. The van der Waals surface area contributed by atoms with Crippen LogP contribution in [-0.2, 0) is 0 Å². The van der Waals surface area contributed by atoms with Crippen LogP contribution in [0.15, 0.2) is 18.2 Å². The molecule has 1 aromatic carbocycles. The quantitative estimate of drug-likeness (QED) is 0.663. The van der Waals surface area contributed by atoms with Gasteiger partial charge in [-0.25, -0.2) is 0 Å². The predicted molar refractivity (Wildman–Crippen MR) is 59.2 cm³/mol. The number of hydrogen-bond acceptors (Lipinski definition) is 4. The highest BCUT2D eigenvalue weighted by molar-refractivity contribution is 5.56. The Kier molecular flexibility index (Phi) is 4.39. The van der Waals surface area contributed by atoms with E-state index in [2.05, 4.69) is 0 Å². The van der Waals surface area contributed by atoms with E-state index in [0.717, 1.165) is 11.3 Å². The molecule has 0 amide bonds. The molecular weight excluding hydrogens is 194 g/mol. The second-order valence-corrected chi connectivity index (χ2v) is 3.41. The van der Waals surface area contributed by atoms with E-state index < -0.39 is 0 Å². The second-order valence-electron chi connectivity index (χ2n) is 3.41. The van der Waals surface area contributed by atoms with Crippen LogP contribution in [0.4, 0.5) is 5.69 Å². The molecule has 0 bridgehead atoms. The third-order valence-corrected chi connectivity index (χ3v) is 2.27. The van der Waals surface area contributed by atoms with Crippen molar-refractivity contribution >= 4 is 5.69 Å². The van der Waals surface area contributed by atoms with Crippen LogP contribution in [0.2, 0.25) is 0 Å². The standard InChI is InChI=1S/C11H17NO3/c1-9-2-3-10(15)8-11(9)12(4-6-13)5-7-14/h2-3,8,13-15H,4-7H2,1H3. The Morgan fingerprint density at radius 2 is 1.73 bits per heavy atom. The van der Waals surface area contributed by atoms with Crippen LogP contribution in [0.1, 0.15) is 5.56 Å². The van der Waals surface area contributed by atoms with Gasteiger partial charge in [0.25, 0.3) is 0 Å². The van der Waals surface area contributed by atoms with E-state index in [1.54, 1.807) is 12.1 Å². The topological polar surface area (TPSA) is 63.9 Å². The molecule has 3 N–H and O–H groups in total. The Hall–Kier alpha value is -1.26. The van der Waals surface area contributed by atoms with Gasteiger partial charge >= 0.3 is 0 Å². The molecule has 1 aromatic rings. The third kappa shape index (κ3) is 3.11. The molecule has 0 unspecified atom stereocenters. The van der Waals surface area contributed by atoms with Crippen molar-refractivity contribution in [2.45, 2.75) is 6.92 Å². The molecule has 0 aliphatic carbocycles. The van der Waals surface area contributed by atoms with E-state index in [1.807, 2.05) is 17.9 Å². The molecule has 0 aliphatic rings. The minimum atomic E-state index is 0.0229. The van der Waals surface area contributed by atoms with E-state index in [-0.39, 0.29) is 19.0 Å². The van der Waals surface area contributed by atoms with Crippen molar-refractivity contribution < 1.29 is 15.3 Å². The van der Waals surface area contributed by atoms with Gasteiger partial charge in [0.05, 0.1) is 13.2 Å². The van der Waals surface area contributed by atoms with Gasteiger partial charge in [-0.3, -0.25) is 0 Å². The summed E-state index contributed by atoms with van der Waals surface area (Å²) in [6, 6.07) is 5.07. The van der Waals surface area contributed by atoms with Crippen molar-refractivity contribution in [1.82, 2.24) is 0 Å². The lowest BCUT2D eigenvalue weighted by atomic mass is 10.1. The summed E-state index contributed by atoms with van der Waals surface area (Å²) in [6.45, 7) is 2.87. The summed E-state index contributed by atoms with van der Waals surface area (Å²) < 4.78 is 0. The molecule has 1 rings (SSSR count). The first kappa shape index (κ1) is 11.8. The maximum absolute atomic E-state index is 9.37. The van der Waals surface area contributed by atoms with Crippen LogP contribution < -0.4 is 4.90 Å². The molecule has 0 spiro atoms. The molecular formula is C11H17NO3. The number of aromatic hydroxyl groups is 1. The fourth-order valence-electron chi connectivity index (χ4n) is 1.53. The second kappa shape index (κ2) is 5.58. The van der Waals surface area contributed by atoms with Gasteiger partial charge in [-0.2, -0.15) is 0 Å². The Morgan fingerprint density at radius 3 is 2.27 bits per heavy atom.